The molecule has 1 fully saturated rings. The average molecular weight is 505 g/mol. The number of aromatic nitrogens is 1. The Morgan fingerprint density at radius 1 is 1.11 bits per heavy atom. The predicted molar refractivity (Wildman–Crippen MR) is 142 cm³/mol. The van der Waals surface area contributed by atoms with Crippen LogP contribution in [-0.2, 0) is 21.4 Å². The molecule has 1 saturated carbocycles. The van der Waals surface area contributed by atoms with Crippen LogP contribution in [0, 0.1) is 29.6 Å². The van der Waals surface area contributed by atoms with Crippen LogP contribution in [0.1, 0.15) is 91.5 Å². The lowest BCUT2D eigenvalue weighted by atomic mass is 9.70. The van der Waals surface area contributed by atoms with Crippen molar-refractivity contribution in [1.29, 1.82) is 0 Å². The monoisotopic (exact) mass is 504 g/mol. The molecule has 1 atom stereocenters. The van der Waals surface area contributed by atoms with E-state index in [9.17, 15) is 13.2 Å². The van der Waals surface area contributed by atoms with E-state index in [0.29, 0.717) is 17.5 Å². The second-order valence-corrected chi connectivity index (χ2v) is 14.3. The minimum absolute atomic E-state index is 0.0248. The van der Waals surface area contributed by atoms with Gasteiger partial charge in [0, 0.05) is 17.9 Å². The lowest BCUT2D eigenvalue weighted by Crippen LogP contribution is -2.29. The molecule has 3 rings (SSSR count). The standard InChI is InChI=1S/C28H44N2O4S/c1-19-25(35(33,34)29-17-26(31)32)16-24(30(19)18-20-11-9-8-10-12-20)21-13-22(27(2,3)4)15-23(14-21)28(5,6)7/h13,15-16,20,23,29H,8-12,14,17-18H2,1-7H3,(H,31,32). The Hall–Kier alpha value is -1.86. The van der Waals surface area contributed by atoms with E-state index in [1.807, 2.05) is 6.92 Å². The maximum atomic E-state index is 13.1. The van der Waals surface area contributed by atoms with Crippen molar-refractivity contribution >= 4 is 21.6 Å². The molecule has 0 saturated heterocycles. The zero-order chi connectivity index (χ0) is 26.2. The number of hydrogen-bond donors (Lipinski definition) is 2. The van der Waals surface area contributed by atoms with Gasteiger partial charge < -0.3 is 9.67 Å². The molecule has 2 aliphatic carbocycles. The fourth-order valence-corrected chi connectivity index (χ4v) is 6.50. The van der Waals surface area contributed by atoms with Crippen LogP contribution >= 0.6 is 0 Å². The van der Waals surface area contributed by atoms with Crippen LogP contribution in [0.4, 0.5) is 0 Å². The molecule has 196 valence electrons. The molecule has 35 heavy (non-hydrogen) atoms. The fourth-order valence-electron chi connectivity index (χ4n) is 5.26. The number of rotatable bonds is 7. The first-order valence-electron chi connectivity index (χ1n) is 12.9. The summed E-state index contributed by atoms with van der Waals surface area (Å²) < 4.78 is 30.7. The van der Waals surface area contributed by atoms with Crippen LogP contribution in [-0.4, -0.2) is 30.6 Å². The number of carbonyl (C=O) groups is 1. The highest BCUT2D eigenvalue weighted by atomic mass is 32.2. The number of carboxylic acid groups (broad SMARTS) is 1. The number of nitrogens with one attached hydrogen (secondary N) is 1. The molecule has 1 aromatic heterocycles. The predicted octanol–water partition coefficient (Wildman–Crippen LogP) is 6.16. The van der Waals surface area contributed by atoms with E-state index in [1.54, 1.807) is 6.07 Å². The van der Waals surface area contributed by atoms with Gasteiger partial charge in [0.1, 0.15) is 11.4 Å². The number of carboxylic acids is 1. The minimum Gasteiger partial charge on any atom is -0.480 e. The highest BCUT2D eigenvalue weighted by Gasteiger charge is 2.33. The van der Waals surface area contributed by atoms with E-state index in [2.05, 4.69) is 63.0 Å². The van der Waals surface area contributed by atoms with E-state index in [0.717, 1.165) is 37.1 Å². The number of allylic oxidation sites excluding steroid dienone is 4. The Morgan fingerprint density at radius 2 is 1.74 bits per heavy atom. The summed E-state index contributed by atoms with van der Waals surface area (Å²) in [6.07, 6.45) is 11.5. The van der Waals surface area contributed by atoms with Crippen LogP contribution in [0.25, 0.3) is 5.57 Å². The van der Waals surface area contributed by atoms with Crippen molar-refractivity contribution in [3.05, 3.63) is 35.2 Å². The van der Waals surface area contributed by atoms with Gasteiger partial charge in [0.2, 0.25) is 10.0 Å². The molecule has 2 aliphatic rings. The largest absolute Gasteiger partial charge is 0.480 e. The Balaban J connectivity index is 2.13. The van der Waals surface area contributed by atoms with Gasteiger partial charge in [-0.2, -0.15) is 4.72 Å². The van der Waals surface area contributed by atoms with Gasteiger partial charge in [0.05, 0.1) is 0 Å². The quantitative estimate of drug-likeness (QED) is 0.465. The van der Waals surface area contributed by atoms with Crippen molar-refractivity contribution in [2.75, 3.05) is 6.54 Å². The Kier molecular flexibility index (Phi) is 8.12. The van der Waals surface area contributed by atoms with Crippen LogP contribution in [0.15, 0.2) is 28.7 Å². The lowest BCUT2D eigenvalue weighted by Gasteiger charge is -2.36. The summed E-state index contributed by atoms with van der Waals surface area (Å²) in [5, 5.41) is 9.04. The van der Waals surface area contributed by atoms with Crippen LogP contribution in [0.3, 0.4) is 0 Å². The number of nitrogens with zero attached hydrogens (tertiary/aromatic N) is 1. The third kappa shape index (κ3) is 6.67. The molecular weight excluding hydrogens is 460 g/mol. The molecule has 7 heteroatoms. The molecule has 0 radical (unpaired) electrons. The zero-order valence-corrected chi connectivity index (χ0v) is 23.4. The SMILES string of the molecule is Cc1c(S(=O)(=O)NCC(=O)O)cc(C2=CC(C(C)(C)C)=CC(C(C)(C)C)C2)n1CC1CCCCC1. The molecule has 0 aliphatic heterocycles. The van der Waals surface area contributed by atoms with E-state index in [1.165, 1.54) is 24.8 Å². The van der Waals surface area contributed by atoms with Crippen molar-refractivity contribution in [3.63, 3.8) is 0 Å². The van der Waals surface area contributed by atoms with Crippen LogP contribution in [0.2, 0.25) is 0 Å². The summed E-state index contributed by atoms with van der Waals surface area (Å²) in [6, 6.07) is 1.78. The second kappa shape index (κ2) is 10.3. The molecule has 1 aromatic rings. The van der Waals surface area contributed by atoms with Crippen LogP contribution in [0.5, 0.6) is 0 Å². The molecular formula is C28H44N2O4S. The fraction of sp³-hybridized carbons (Fsp3) is 0.679. The van der Waals surface area contributed by atoms with E-state index in [-0.39, 0.29) is 15.7 Å². The van der Waals surface area contributed by atoms with Crippen molar-refractivity contribution < 1.29 is 18.3 Å². The van der Waals surface area contributed by atoms with Gasteiger partial charge in [0.25, 0.3) is 0 Å². The van der Waals surface area contributed by atoms with E-state index in [4.69, 9.17) is 5.11 Å². The van der Waals surface area contributed by atoms with Gasteiger partial charge in [-0.15, -0.1) is 0 Å². The topological polar surface area (TPSA) is 88.4 Å². The van der Waals surface area contributed by atoms with Crippen molar-refractivity contribution in [3.8, 4) is 0 Å². The zero-order valence-electron chi connectivity index (χ0n) is 22.6. The molecule has 1 heterocycles. The van der Waals surface area contributed by atoms with E-state index < -0.39 is 22.5 Å². The van der Waals surface area contributed by atoms with Crippen LogP contribution < -0.4 is 4.72 Å². The summed E-state index contributed by atoms with van der Waals surface area (Å²) in [5.41, 5.74) is 4.12. The highest BCUT2D eigenvalue weighted by Crippen LogP contribution is 2.44. The lowest BCUT2D eigenvalue weighted by molar-refractivity contribution is -0.135. The van der Waals surface area contributed by atoms with Crippen molar-refractivity contribution in [1.82, 2.24) is 9.29 Å². The number of hydrogen-bond acceptors (Lipinski definition) is 3. The van der Waals surface area contributed by atoms with Gasteiger partial charge in [-0.05, 0) is 66.1 Å². The van der Waals surface area contributed by atoms with Crippen molar-refractivity contribution in [2.24, 2.45) is 22.7 Å². The first-order valence-corrected chi connectivity index (χ1v) is 14.4. The molecule has 1 unspecified atom stereocenters. The number of aliphatic carboxylic acids is 1. The smallest absolute Gasteiger partial charge is 0.318 e. The maximum absolute atomic E-state index is 13.1. The molecule has 6 nitrogen and oxygen atoms in total. The first kappa shape index (κ1) is 27.7. The molecule has 0 spiro atoms. The molecule has 0 aromatic carbocycles. The minimum atomic E-state index is -3.94. The summed E-state index contributed by atoms with van der Waals surface area (Å²) in [4.78, 5) is 11.2. The maximum Gasteiger partial charge on any atom is 0.318 e. The van der Waals surface area contributed by atoms with E-state index >= 15 is 0 Å². The Bertz CT molecular complexity index is 1110. The second-order valence-electron chi connectivity index (χ2n) is 12.5. The molecule has 0 bridgehead atoms. The van der Waals surface area contributed by atoms with Gasteiger partial charge >= 0.3 is 5.97 Å². The van der Waals surface area contributed by atoms with Gasteiger partial charge in [0.15, 0.2) is 0 Å². The highest BCUT2D eigenvalue weighted by molar-refractivity contribution is 7.89. The normalized spacial score (nSPS) is 20.5. The summed E-state index contributed by atoms with van der Waals surface area (Å²) >= 11 is 0. The molecule has 2 N–H and O–H groups in total. The van der Waals surface area contributed by atoms with Crippen molar-refractivity contribution in [2.45, 2.75) is 98.4 Å². The third-order valence-electron chi connectivity index (χ3n) is 7.65. The first-order chi connectivity index (χ1) is 16.1. The Labute approximate surface area is 211 Å². The number of sulfonamides is 1. The molecule has 0 amide bonds. The average Bonchev–Trinajstić information content (AvgIpc) is 3.08. The summed E-state index contributed by atoms with van der Waals surface area (Å²) in [6.45, 7) is 15.5. The van der Waals surface area contributed by atoms with Gasteiger partial charge in [-0.1, -0.05) is 73.0 Å². The van der Waals surface area contributed by atoms with Gasteiger partial charge in [-0.3, -0.25) is 4.79 Å². The Morgan fingerprint density at radius 3 is 2.29 bits per heavy atom. The summed E-state index contributed by atoms with van der Waals surface area (Å²) in [5.74, 6) is -0.340. The third-order valence-corrected chi connectivity index (χ3v) is 9.16. The van der Waals surface area contributed by atoms with Gasteiger partial charge in [-0.25, -0.2) is 8.42 Å². The summed E-state index contributed by atoms with van der Waals surface area (Å²) in [7, 11) is -3.94.